The molecule has 0 spiro atoms. The summed E-state index contributed by atoms with van der Waals surface area (Å²) >= 11 is 0. The highest BCUT2D eigenvalue weighted by Gasteiger charge is 2.08. The largest absolute Gasteiger partial charge is 0.478 e. The molecule has 2 rings (SSSR count). The van der Waals surface area contributed by atoms with Crippen LogP contribution in [0.15, 0.2) is 36.4 Å². The van der Waals surface area contributed by atoms with Gasteiger partial charge in [-0.05, 0) is 23.4 Å². The molecule has 0 heterocycles. The van der Waals surface area contributed by atoms with Crippen molar-refractivity contribution in [3.63, 3.8) is 0 Å². The first-order valence-electron chi connectivity index (χ1n) is 6.08. The SMILES string of the molecule is CCNCc1c(OCC#N)ccc2ccccc12. The summed E-state index contributed by atoms with van der Waals surface area (Å²) in [6.07, 6.45) is 0. The van der Waals surface area contributed by atoms with Gasteiger partial charge in [0.2, 0.25) is 0 Å². The van der Waals surface area contributed by atoms with Crippen molar-refractivity contribution in [3.05, 3.63) is 42.0 Å². The molecule has 0 aliphatic heterocycles. The van der Waals surface area contributed by atoms with Crippen molar-refractivity contribution in [1.29, 1.82) is 5.26 Å². The van der Waals surface area contributed by atoms with Crippen LogP contribution in [-0.2, 0) is 6.54 Å². The Morgan fingerprint density at radius 1 is 1.22 bits per heavy atom. The zero-order chi connectivity index (χ0) is 12.8. The summed E-state index contributed by atoms with van der Waals surface area (Å²) in [5.41, 5.74) is 1.12. The van der Waals surface area contributed by atoms with Crippen LogP contribution in [0.1, 0.15) is 12.5 Å². The average molecular weight is 240 g/mol. The Morgan fingerprint density at radius 3 is 2.83 bits per heavy atom. The third-order valence-corrected chi connectivity index (χ3v) is 2.84. The fourth-order valence-electron chi connectivity index (χ4n) is 1.99. The van der Waals surface area contributed by atoms with Gasteiger partial charge in [-0.2, -0.15) is 5.26 Å². The molecular formula is C15H16N2O. The van der Waals surface area contributed by atoms with Crippen LogP contribution in [-0.4, -0.2) is 13.2 Å². The highest BCUT2D eigenvalue weighted by Crippen LogP contribution is 2.28. The molecule has 0 aromatic heterocycles. The molecule has 0 aliphatic carbocycles. The Hall–Kier alpha value is -2.05. The van der Waals surface area contributed by atoms with E-state index in [1.54, 1.807) is 0 Å². The minimum atomic E-state index is 0.0808. The summed E-state index contributed by atoms with van der Waals surface area (Å²) in [5, 5.41) is 14.3. The molecule has 0 saturated carbocycles. The minimum absolute atomic E-state index is 0.0808. The zero-order valence-electron chi connectivity index (χ0n) is 10.4. The van der Waals surface area contributed by atoms with Crippen molar-refractivity contribution in [1.82, 2.24) is 5.32 Å². The van der Waals surface area contributed by atoms with Gasteiger partial charge in [-0.1, -0.05) is 37.3 Å². The lowest BCUT2D eigenvalue weighted by Crippen LogP contribution is -2.13. The lowest BCUT2D eigenvalue weighted by atomic mass is 10.0. The van der Waals surface area contributed by atoms with E-state index in [4.69, 9.17) is 10.00 Å². The van der Waals surface area contributed by atoms with Crippen molar-refractivity contribution >= 4 is 10.8 Å². The molecule has 3 nitrogen and oxygen atoms in total. The number of nitrogens with one attached hydrogen (secondary N) is 1. The number of ether oxygens (including phenoxy) is 1. The third-order valence-electron chi connectivity index (χ3n) is 2.84. The molecule has 2 aromatic rings. The fourth-order valence-corrected chi connectivity index (χ4v) is 1.99. The molecule has 2 aromatic carbocycles. The van der Waals surface area contributed by atoms with E-state index < -0.39 is 0 Å². The number of hydrogen-bond acceptors (Lipinski definition) is 3. The van der Waals surface area contributed by atoms with E-state index in [1.165, 1.54) is 10.8 Å². The third kappa shape index (κ3) is 2.61. The molecule has 0 radical (unpaired) electrons. The minimum Gasteiger partial charge on any atom is -0.478 e. The first-order valence-corrected chi connectivity index (χ1v) is 6.08. The molecule has 0 bridgehead atoms. The van der Waals surface area contributed by atoms with E-state index >= 15 is 0 Å². The second-order valence-corrected chi connectivity index (χ2v) is 3.99. The average Bonchev–Trinajstić information content (AvgIpc) is 2.43. The first kappa shape index (κ1) is 12.4. The van der Waals surface area contributed by atoms with Crippen LogP contribution >= 0.6 is 0 Å². The first-order chi connectivity index (χ1) is 8.86. The lowest BCUT2D eigenvalue weighted by molar-refractivity contribution is 0.363. The van der Waals surface area contributed by atoms with Gasteiger partial charge in [0.15, 0.2) is 6.61 Å². The van der Waals surface area contributed by atoms with E-state index in [1.807, 2.05) is 30.3 Å². The Bertz CT molecular complexity index is 572. The highest BCUT2D eigenvalue weighted by atomic mass is 16.5. The Kier molecular flexibility index (Phi) is 4.16. The summed E-state index contributed by atoms with van der Waals surface area (Å²) in [6.45, 7) is 3.80. The number of benzene rings is 2. The molecular weight excluding hydrogens is 224 g/mol. The predicted molar refractivity (Wildman–Crippen MR) is 72.4 cm³/mol. The van der Waals surface area contributed by atoms with Gasteiger partial charge in [0.05, 0.1) is 0 Å². The zero-order valence-corrected chi connectivity index (χ0v) is 10.4. The second-order valence-electron chi connectivity index (χ2n) is 3.99. The molecule has 3 heteroatoms. The van der Waals surface area contributed by atoms with E-state index in [-0.39, 0.29) is 6.61 Å². The molecule has 0 atom stereocenters. The lowest BCUT2D eigenvalue weighted by Gasteiger charge is -2.13. The quantitative estimate of drug-likeness (QED) is 0.874. The predicted octanol–water partition coefficient (Wildman–Crippen LogP) is 2.85. The number of nitrogens with zero attached hydrogens (tertiary/aromatic N) is 1. The van der Waals surface area contributed by atoms with Crippen LogP contribution in [0, 0.1) is 11.3 Å². The van der Waals surface area contributed by atoms with Crippen molar-refractivity contribution in [2.75, 3.05) is 13.2 Å². The van der Waals surface area contributed by atoms with Gasteiger partial charge in [0, 0.05) is 12.1 Å². The van der Waals surface area contributed by atoms with Gasteiger partial charge < -0.3 is 10.1 Å². The second kappa shape index (κ2) is 6.04. The van der Waals surface area contributed by atoms with Gasteiger partial charge in [-0.3, -0.25) is 0 Å². The van der Waals surface area contributed by atoms with E-state index in [0.717, 1.165) is 24.4 Å². The maximum Gasteiger partial charge on any atom is 0.174 e. The van der Waals surface area contributed by atoms with Crippen molar-refractivity contribution in [3.8, 4) is 11.8 Å². The van der Waals surface area contributed by atoms with Crippen LogP contribution in [0.25, 0.3) is 10.8 Å². The van der Waals surface area contributed by atoms with Crippen LogP contribution in [0.4, 0.5) is 0 Å². The molecule has 1 N–H and O–H groups in total. The van der Waals surface area contributed by atoms with Crippen LogP contribution in [0.2, 0.25) is 0 Å². The number of rotatable bonds is 5. The van der Waals surface area contributed by atoms with Gasteiger partial charge in [0.25, 0.3) is 0 Å². The molecule has 92 valence electrons. The Morgan fingerprint density at radius 2 is 2.06 bits per heavy atom. The summed E-state index contributed by atoms with van der Waals surface area (Å²) in [5.74, 6) is 0.788. The van der Waals surface area contributed by atoms with Gasteiger partial charge in [0.1, 0.15) is 11.8 Å². The highest BCUT2D eigenvalue weighted by molar-refractivity contribution is 5.87. The number of hydrogen-bond donors (Lipinski definition) is 1. The fraction of sp³-hybridized carbons (Fsp3) is 0.267. The molecule has 18 heavy (non-hydrogen) atoms. The van der Waals surface area contributed by atoms with Gasteiger partial charge in [-0.25, -0.2) is 0 Å². The van der Waals surface area contributed by atoms with Gasteiger partial charge in [-0.15, -0.1) is 0 Å². The van der Waals surface area contributed by atoms with Crippen molar-refractivity contribution in [2.45, 2.75) is 13.5 Å². The Labute approximate surface area is 107 Å². The normalized spacial score (nSPS) is 10.2. The molecule has 0 saturated heterocycles. The van der Waals surface area contributed by atoms with Crippen molar-refractivity contribution < 1.29 is 4.74 Å². The molecule has 0 aliphatic rings. The maximum atomic E-state index is 8.62. The van der Waals surface area contributed by atoms with E-state index in [2.05, 4.69) is 24.4 Å². The summed E-state index contributed by atoms with van der Waals surface area (Å²) in [4.78, 5) is 0. The van der Waals surface area contributed by atoms with Crippen LogP contribution in [0.5, 0.6) is 5.75 Å². The molecule has 0 amide bonds. The maximum absolute atomic E-state index is 8.62. The van der Waals surface area contributed by atoms with Crippen molar-refractivity contribution in [2.24, 2.45) is 0 Å². The van der Waals surface area contributed by atoms with E-state index in [9.17, 15) is 0 Å². The monoisotopic (exact) mass is 240 g/mol. The topological polar surface area (TPSA) is 45.0 Å². The Balaban J connectivity index is 2.45. The number of nitriles is 1. The summed E-state index contributed by atoms with van der Waals surface area (Å²) < 4.78 is 5.49. The molecule has 0 unspecified atom stereocenters. The number of fused-ring (bicyclic) bond motifs is 1. The standard InChI is InChI=1S/C15H16N2O/c1-2-17-11-14-13-6-4-3-5-12(13)7-8-15(14)18-10-9-16/h3-8,17H,2,10-11H2,1H3. The van der Waals surface area contributed by atoms with Crippen LogP contribution < -0.4 is 10.1 Å². The molecule has 0 fully saturated rings. The smallest absolute Gasteiger partial charge is 0.174 e. The van der Waals surface area contributed by atoms with Gasteiger partial charge >= 0.3 is 0 Å². The van der Waals surface area contributed by atoms with Crippen LogP contribution in [0.3, 0.4) is 0 Å². The summed E-state index contributed by atoms with van der Waals surface area (Å²) in [7, 11) is 0. The van der Waals surface area contributed by atoms with E-state index in [0.29, 0.717) is 0 Å². The summed E-state index contributed by atoms with van der Waals surface area (Å²) in [6, 6.07) is 14.2.